The molecule has 4 fully saturated rings. The molecule has 4 saturated carbocycles. The number of aromatic nitrogens is 4. The summed E-state index contributed by atoms with van der Waals surface area (Å²) in [4.78, 5) is 51.5. The van der Waals surface area contributed by atoms with Crippen molar-refractivity contribution in [1.29, 1.82) is 0 Å². The number of hydrogen-bond donors (Lipinski definition) is 4. The maximum atomic E-state index is 13.0. The number of alkyl halides is 12. The first-order valence-electron chi connectivity index (χ1n) is 31.1. The van der Waals surface area contributed by atoms with Gasteiger partial charge < -0.3 is 64.6 Å². The van der Waals surface area contributed by atoms with E-state index in [1.165, 1.54) is 58.6 Å². The van der Waals surface area contributed by atoms with Gasteiger partial charge >= 0.3 is 78.0 Å². The number of rotatable bonds is 8. The Morgan fingerprint density at radius 1 is 0.459 bits per heavy atom. The van der Waals surface area contributed by atoms with Crippen LogP contribution in [0.2, 0.25) is 0 Å². The van der Waals surface area contributed by atoms with E-state index < -0.39 is 60.5 Å². The molecule has 8 aliphatic rings. The predicted octanol–water partition coefficient (Wildman–Crippen LogP) is 9.07. The fourth-order valence-corrected chi connectivity index (χ4v) is 12.8. The van der Waals surface area contributed by atoms with Crippen molar-refractivity contribution < 1.29 is 127 Å². The molecule has 98 heavy (non-hydrogen) atoms. The maximum Gasteiger partial charge on any atom is 1.00 e. The molecule has 4 N–H and O–H groups in total. The van der Waals surface area contributed by atoms with Crippen molar-refractivity contribution in [2.75, 3.05) is 26.4 Å². The molecule has 16 rings (SSSR count). The summed E-state index contributed by atoms with van der Waals surface area (Å²) in [6.07, 6.45) is -2.22. The normalized spacial score (nSPS) is 19.9. The Morgan fingerprint density at radius 2 is 0.796 bits per heavy atom. The van der Waals surface area contributed by atoms with Gasteiger partial charge in [-0.25, -0.2) is 9.59 Å². The number of H-pyrrole nitrogens is 2. The summed E-state index contributed by atoms with van der Waals surface area (Å²) in [7, 11) is 4.01. The number of esters is 2. The summed E-state index contributed by atoms with van der Waals surface area (Å²) < 4.78 is 175. The molecular weight excluding hydrogens is 1320 g/mol. The van der Waals surface area contributed by atoms with Crippen LogP contribution in [-0.2, 0) is 63.7 Å². The molecule has 2 amide bonds. The van der Waals surface area contributed by atoms with Crippen LogP contribution in [0.15, 0.2) is 97.6 Å². The van der Waals surface area contributed by atoms with Crippen LogP contribution in [0.25, 0.3) is 43.6 Å². The number of aryl methyl sites for hydroxylation is 2. The van der Waals surface area contributed by atoms with Gasteiger partial charge in [0.1, 0.15) is 49.4 Å². The second kappa shape index (κ2) is 29.7. The fraction of sp³-hybridized carbons (Fsp3) is 0.463. The second-order valence-electron chi connectivity index (χ2n) is 25.0. The third-order valence-corrected chi connectivity index (χ3v) is 17.6. The Hall–Kier alpha value is -7.54. The van der Waals surface area contributed by atoms with E-state index in [0.29, 0.717) is 62.1 Å². The second-order valence-corrected chi connectivity index (χ2v) is 25.0. The van der Waals surface area contributed by atoms with Crippen LogP contribution in [0.5, 0.6) is 23.0 Å². The van der Waals surface area contributed by atoms with E-state index in [1.807, 2.05) is 54.2 Å². The van der Waals surface area contributed by atoms with Crippen LogP contribution in [0.4, 0.5) is 52.7 Å². The quantitative estimate of drug-likeness (QED) is 0.0492. The van der Waals surface area contributed by atoms with Gasteiger partial charge in [0.05, 0.1) is 23.1 Å². The largest absolute Gasteiger partial charge is 1.00 e. The van der Waals surface area contributed by atoms with Crippen LogP contribution in [-0.4, -0.2) is 161 Å². The molecule has 17 nitrogen and oxygen atoms in total. The van der Waals surface area contributed by atoms with Crippen LogP contribution >= 0.6 is 0 Å². The molecule has 0 saturated heterocycles. The van der Waals surface area contributed by atoms with Crippen molar-refractivity contribution in [3.8, 4) is 23.0 Å². The summed E-state index contributed by atoms with van der Waals surface area (Å²) in [6.45, 7) is 1.72. The Morgan fingerprint density at radius 3 is 1.16 bits per heavy atom. The molecule has 0 bridgehead atoms. The third-order valence-electron chi connectivity index (χ3n) is 17.6. The van der Waals surface area contributed by atoms with Crippen LogP contribution in [0.3, 0.4) is 0 Å². The molecule has 31 heteroatoms. The summed E-state index contributed by atoms with van der Waals surface area (Å²) in [5.41, 5.74) is 8.93. The van der Waals surface area contributed by atoms with Gasteiger partial charge in [0.25, 0.3) is 0 Å². The number of ether oxygens (including phenoxy) is 5. The Balaban J connectivity index is 0.000000158. The van der Waals surface area contributed by atoms with Gasteiger partial charge in [-0.3, -0.25) is 9.59 Å². The van der Waals surface area contributed by atoms with Crippen molar-refractivity contribution in [3.05, 3.63) is 120 Å². The zero-order chi connectivity index (χ0) is 67.5. The van der Waals surface area contributed by atoms with Gasteiger partial charge in [-0.1, -0.05) is 31.7 Å². The number of nitrogens with one attached hydrogen (secondary N) is 4. The van der Waals surface area contributed by atoms with E-state index in [9.17, 15) is 71.9 Å². The zero-order valence-electron chi connectivity index (χ0n) is 53.7. The molecule has 4 aromatic carbocycles. The molecule has 8 aromatic rings. The minimum atomic E-state index is -5.62. The van der Waals surface area contributed by atoms with Gasteiger partial charge in [-0.15, -0.1) is 0 Å². The molecular formula is C67H71BF12N8NaO9. The predicted molar refractivity (Wildman–Crippen MR) is 335 cm³/mol. The Kier molecular flexibility index (Phi) is 22.7. The SMILES string of the molecule is C.Cn1cc2c3c(cccc31)OCC(N(C(=O)C(F)(F)F)C1CC1)C2.Cn1cc2c3c(cccc31)OCC(NC1CC1)C2.O=C(N(C1CC1)C1COc2cccc3[nH]cc(c23)C1)C(F)(F)F.O=C(OC(=O)C(F)(F)F)C(F)(F)F.[B].[H-].[Na+].c1cc2c3c(c[nH]c3c1)CC(NC1CC1)CO2. The zero-order valence-corrected chi connectivity index (χ0v) is 54.7. The Bertz CT molecular complexity index is 4160. The standard InChI is InChI=1S/C17H17F3N2O2.C16H15F3N2O2.C15H18N2O.C14H16N2O.C4F6O3.CH4.B.Na.H/c1-21-8-10-7-12(9-24-14-4-2-3-13(21)15(10)14)22(11-5-6-11)16(23)17(18,19)20;17-16(18,19)15(22)21(10-4-5-10)11-6-9-7-20-12-2-1-3-13(14(9)12)23-8-11;1-17-8-10-7-12(16-11-5-6-11)9-18-14-4-2-3-13(17)15(10)14;1-2-12-14-9(7-15-12)6-11(16-10-4-5-10)8-17-13(14)3-1;5-3(6,7)1(11)13-2(12)4(8,9)10;;;;/h2-4,8,11-12H,5-7,9H2,1H3;1-3,7,10-11,20H,4-6,8H2;2-4,8,11-12,16H,5-7,9H2,1H3;1-3,7,10-11,15-16H,4-6,8H2;;1H4;;;/q;;;;;;;+1;-1. The van der Waals surface area contributed by atoms with Crippen LogP contribution < -0.4 is 59.1 Å². The number of carbonyl (C=O) groups is 4. The first-order valence-corrected chi connectivity index (χ1v) is 31.1. The molecule has 8 heterocycles. The van der Waals surface area contributed by atoms with E-state index >= 15 is 0 Å². The minimum Gasteiger partial charge on any atom is -1.00 e. The molecule has 4 aromatic heterocycles. The molecule has 4 atom stereocenters. The monoisotopic (exact) mass is 1390 g/mol. The van der Waals surface area contributed by atoms with Gasteiger partial charge in [0.15, 0.2) is 0 Å². The van der Waals surface area contributed by atoms with Crippen molar-refractivity contribution in [2.24, 2.45) is 14.1 Å². The summed E-state index contributed by atoms with van der Waals surface area (Å²) >= 11 is 0. The number of aromatic amines is 2. The number of amides is 2. The molecule has 3 radical (unpaired) electrons. The van der Waals surface area contributed by atoms with Gasteiger partial charge in [-0.05, 0) is 148 Å². The smallest absolute Gasteiger partial charge is 1.00 e. The summed E-state index contributed by atoms with van der Waals surface area (Å²) in [6, 6.07) is 24.2. The van der Waals surface area contributed by atoms with Gasteiger partial charge in [0, 0.05) is 116 Å². The van der Waals surface area contributed by atoms with E-state index in [-0.39, 0.29) is 72.1 Å². The van der Waals surface area contributed by atoms with E-state index in [2.05, 4.69) is 79.7 Å². The molecule has 4 unspecified atom stereocenters. The van der Waals surface area contributed by atoms with Crippen molar-refractivity contribution in [2.45, 2.75) is 158 Å². The van der Waals surface area contributed by atoms with Gasteiger partial charge in [-0.2, -0.15) is 52.7 Å². The van der Waals surface area contributed by atoms with Gasteiger partial charge in [0.2, 0.25) is 0 Å². The molecule has 0 spiro atoms. The first kappa shape index (κ1) is 74.7. The average molecular weight is 1390 g/mol. The molecule has 521 valence electrons. The van der Waals surface area contributed by atoms with E-state index in [0.717, 1.165) is 92.4 Å². The Labute approximate surface area is 579 Å². The number of halogens is 12. The van der Waals surface area contributed by atoms with Crippen molar-refractivity contribution in [1.82, 2.24) is 39.5 Å². The van der Waals surface area contributed by atoms with Crippen molar-refractivity contribution in [3.63, 3.8) is 0 Å². The van der Waals surface area contributed by atoms with Crippen molar-refractivity contribution >= 4 is 75.8 Å². The fourth-order valence-electron chi connectivity index (χ4n) is 12.8. The molecule has 4 aliphatic heterocycles. The number of hydrogen-bond acceptors (Lipinski definition) is 11. The minimum absolute atomic E-state index is 0. The number of carbonyl (C=O) groups excluding carboxylic acids is 4. The number of nitrogens with zero attached hydrogens (tertiary/aromatic N) is 4. The average Bonchev–Trinajstić information content (AvgIpc) is 1.59. The van der Waals surface area contributed by atoms with Crippen LogP contribution in [0, 0.1) is 0 Å². The topological polar surface area (TPSA) is 186 Å². The number of benzene rings is 4. The summed E-state index contributed by atoms with van der Waals surface area (Å²) in [5.74, 6) is -6.52. The third kappa shape index (κ3) is 17.2. The summed E-state index contributed by atoms with van der Waals surface area (Å²) in [5, 5.41) is 11.7. The maximum absolute atomic E-state index is 13.0. The first-order chi connectivity index (χ1) is 45.1. The molecule has 4 aliphatic carbocycles. The van der Waals surface area contributed by atoms with E-state index in [1.54, 1.807) is 12.3 Å². The van der Waals surface area contributed by atoms with Crippen LogP contribution in [0.1, 0.15) is 82.5 Å². The van der Waals surface area contributed by atoms with E-state index in [4.69, 9.17) is 18.9 Å².